The molecule has 0 aromatic heterocycles. The first-order valence-electron chi connectivity index (χ1n) is 11.5. The fraction of sp³-hybridized carbons (Fsp3) is 0.259. The van der Waals surface area contributed by atoms with Gasteiger partial charge in [-0.25, -0.2) is 9.38 Å². The van der Waals surface area contributed by atoms with E-state index in [2.05, 4.69) is 4.99 Å². The van der Waals surface area contributed by atoms with E-state index in [9.17, 15) is 22.4 Å². The van der Waals surface area contributed by atoms with Crippen LogP contribution >= 0.6 is 0 Å². The maximum Gasteiger partial charge on any atom is 0.416 e. The third-order valence-corrected chi connectivity index (χ3v) is 6.38. The monoisotopic (exact) mass is 497 g/mol. The number of carbonyl (C=O) groups excluding carboxylic acids is 1. The van der Waals surface area contributed by atoms with Crippen LogP contribution in [0.3, 0.4) is 0 Å². The maximum atomic E-state index is 13.4. The van der Waals surface area contributed by atoms with E-state index in [1.807, 2.05) is 24.0 Å². The molecule has 2 aliphatic rings. The van der Waals surface area contributed by atoms with Crippen molar-refractivity contribution < 1.29 is 27.1 Å². The van der Waals surface area contributed by atoms with Crippen LogP contribution in [0.4, 0.5) is 23.2 Å². The lowest BCUT2D eigenvalue weighted by Crippen LogP contribution is -2.55. The number of carbonyl (C=O) groups is 1. The Kier molecular flexibility index (Phi) is 6.15. The second-order valence-electron chi connectivity index (χ2n) is 8.90. The SMILES string of the molecule is C[C@@H]1CN(C2=Nc3cc(C(F)(F)F)ccc3Oc3ccccc32)CCN1C(=O)Cc1ccc(F)cc1. The van der Waals surface area contributed by atoms with E-state index < -0.39 is 11.7 Å². The van der Waals surface area contributed by atoms with Gasteiger partial charge in [-0.1, -0.05) is 24.3 Å². The molecule has 2 aliphatic heterocycles. The van der Waals surface area contributed by atoms with Crippen LogP contribution in [-0.2, 0) is 17.4 Å². The molecule has 9 heteroatoms. The summed E-state index contributed by atoms with van der Waals surface area (Å²) < 4.78 is 59.2. The fourth-order valence-corrected chi connectivity index (χ4v) is 4.54. The zero-order valence-corrected chi connectivity index (χ0v) is 19.4. The molecule has 5 rings (SSSR count). The summed E-state index contributed by atoms with van der Waals surface area (Å²) in [6, 6.07) is 16.1. The molecule has 0 aliphatic carbocycles. The Balaban J connectivity index is 1.42. The van der Waals surface area contributed by atoms with Crippen molar-refractivity contribution in [3.63, 3.8) is 0 Å². The Labute approximate surface area is 205 Å². The zero-order chi connectivity index (χ0) is 25.4. The number of hydrogen-bond donors (Lipinski definition) is 0. The highest BCUT2D eigenvalue weighted by atomic mass is 19.4. The molecule has 3 aromatic rings. The lowest BCUT2D eigenvalue weighted by atomic mass is 10.1. The number of halogens is 4. The average molecular weight is 497 g/mol. The number of fused-ring (bicyclic) bond motifs is 2. The Morgan fingerprint density at radius 2 is 1.78 bits per heavy atom. The summed E-state index contributed by atoms with van der Waals surface area (Å²) in [6.45, 7) is 3.22. The second-order valence-corrected chi connectivity index (χ2v) is 8.90. The lowest BCUT2D eigenvalue weighted by Gasteiger charge is -2.41. The molecule has 3 aromatic carbocycles. The van der Waals surface area contributed by atoms with Gasteiger partial charge in [0.2, 0.25) is 5.91 Å². The molecule has 0 spiro atoms. The lowest BCUT2D eigenvalue weighted by molar-refractivity contribution is -0.137. The normalized spacial score (nSPS) is 17.5. The maximum absolute atomic E-state index is 13.4. The molecule has 2 heterocycles. The molecular formula is C27H23F4N3O2. The van der Waals surface area contributed by atoms with E-state index >= 15 is 0 Å². The van der Waals surface area contributed by atoms with Crippen LogP contribution in [0.15, 0.2) is 71.7 Å². The van der Waals surface area contributed by atoms with E-state index in [1.54, 1.807) is 29.2 Å². The van der Waals surface area contributed by atoms with Gasteiger partial charge in [0.05, 0.1) is 17.5 Å². The number of benzene rings is 3. The van der Waals surface area contributed by atoms with Crippen LogP contribution in [0.2, 0.25) is 0 Å². The van der Waals surface area contributed by atoms with Crippen molar-refractivity contribution in [3.05, 3.63) is 89.2 Å². The minimum atomic E-state index is -4.51. The van der Waals surface area contributed by atoms with Crippen molar-refractivity contribution in [2.24, 2.45) is 4.99 Å². The number of amidine groups is 1. The minimum Gasteiger partial charge on any atom is -0.454 e. The predicted octanol–water partition coefficient (Wildman–Crippen LogP) is 5.80. The summed E-state index contributed by atoms with van der Waals surface area (Å²) in [5.74, 6) is 0.816. The van der Waals surface area contributed by atoms with Gasteiger partial charge in [0, 0.05) is 25.7 Å². The van der Waals surface area contributed by atoms with Gasteiger partial charge in [0.25, 0.3) is 0 Å². The molecule has 1 amide bonds. The first-order chi connectivity index (χ1) is 17.2. The van der Waals surface area contributed by atoms with Crippen molar-refractivity contribution in [2.75, 3.05) is 19.6 Å². The molecule has 0 bridgehead atoms. The van der Waals surface area contributed by atoms with Crippen molar-refractivity contribution in [3.8, 4) is 11.5 Å². The minimum absolute atomic E-state index is 0.0690. The first-order valence-corrected chi connectivity index (χ1v) is 11.5. The number of nitrogens with zero attached hydrogens (tertiary/aromatic N) is 3. The van der Waals surface area contributed by atoms with E-state index in [1.165, 1.54) is 18.2 Å². The van der Waals surface area contributed by atoms with Gasteiger partial charge in [-0.2, -0.15) is 13.2 Å². The Hall–Kier alpha value is -3.88. The van der Waals surface area contributed by atoms with Crippen LogP contribution < -0.4 is 4.74 Å². The van der Waals surface area contributed by atoms with E-state index in [-0.39, 0.29) is 35.6 Å². The number of aliphatic imine (C=N–C) groups is 1. The standard InChI is InChI=1S/C27H23F4N3O2/c1-17-16-33(12-13-34(17)25(35)14-18-6-9-20(28)10-7-18)26-21-4-2-3-5-23(21)36-24-11-8-19(27(29,30)31)15-22(24)32-26/h2-11,15,17H,12-14,16H2,1H3/t17-/m1/s1. The van der Waals surface area contributed by atoms with E-state index in [4.69, 9.17) is 4.74 Å². The number of amides is 1. The molecule has 1 atom stereocenters. The Morgan fingerprint density at radius 3 is 2.50 bits per heavy atom. The van der Waals surface area contributed by atoms with Crippen LogP contribution in [0.5, 0.6) is 11.5 Å². The average Bonchev–Trinajstić information content (AvgIpc) is 3.01. The highest BCUT2D eigenvalue weighted by Gasteiger charge is 2.34. The summed E-state index contributed by atoms with van der Waals surface area (Å²) in [6.07, 6.45) is -4.34. The van der Waals surface area contributed by atoms with Crippen LogP contribution in [0.25, 0.3) is 0 Å². The molecule has 0 N–H and O–H groups in total. The number of para-hydroxylation sites is 1. The number of alkyl halides is 3. The molecule has 1 saturated heterocycles. The molecule has 5 nitrogen and oxygen atoms in total. The first kappa shape index (κ1) is 23.8. The van der Waals surface area contributed by atoms with Gasteiger partial charge in [-0.15, -0.1) is 0 Å². The fourth-order valence-electron chi connectivity index (χ4n) is 4.54. The van der Waals surface area contributed by atoms with Gasteiger partial charge < -0.3 is 14.5 Å². The Morgan fingerprint density at radius 1 is 1.03 bits per heavy atom. The van der Waals surface area contributed by atoms with Gasteiger partial charge in [-0.3, -0.25) is 4.79 Å². The smallest absolute Gasteiger partial charge is 0.416 e. The predicted molar refractivity (Wildman–Crippen MR) is 127 cm³/mol. The van der Waals surface area contributed by atoms with E-state index in [0.717, 1.165) is 17.7 Å². The Bertz CT molecular complexity index is 1320. The third-order valence-electron chi connectivity index (χ3n) is 6.38. The number of ether oxygens (including phenoxy) is 1. The topological polar surface area (TPSA) is 45.1 Å². The summed E-state index contributed by atoms with van der Waals surface area (Å²) >= 11 is 0. The second kappa shape index (κ2) is 9.29. The quantitative estimate of drug-likeness (QED) is 0.420. The summed E-state index contributed by atoms with van der Waals surface area (Å²) in [5.41, 5.74) is 0.690. The van der Waals surface area contributed by atoms with Crippen molar-refractivity contribution in [2.45, 2.75) is 25.6 Å². The molecule has 0 unspecified atom stereocenters. The van der Waals surface area contributed by atoms with Gasteiger partial charge in [0.1, 0.15) is 23.1 Å². The summed E-state index contributed by atoms with van der Waals surface area (Å²) in [5, 5.41) is 0. The largest absolute Gasteiger partial charge is 0.454 e. The molecule has 36 heavy (non-hydrogen) atoms. The van der Waals surface area contributed by atoms with Crippen LogP contribution in [0, 0.1) is 5.82 Å². The number of piperazine rings is 1. The highest BCUT2D eigenvalue weighted by molar-refractivity contribution is 6.04. The van der Waals surface area contributed by atoms with Gasteiger partial charge in [-0.05, 0) is 55.0 Å². The van der Waals surface area contributed by atoms with Gasteiger partial charge in [0.15, 0.2) is 5.75 Å². The van der Waals surface area contributed by atoms with Crippen LogP contribution in [-0.4, -0.2) is 47.2 Å². The molecule has 0 radical (unpaired) electrons. The zero-order valence-electron chi connectivity index (χ0n) is 19.4. The van der Waals surface area contributed by atoms with Crippen molar-refractivity contribution in [1.29, 1.82) is 0 Å². The van der Waals surface area contributed by atoms with Crippen molar-refractivity contribution in [1.82, 2.24) is 9.80 Å². The third kappa shape index (κ3) is 4.78. The summed E-state index contributed by atoms with van der Waals surface area (Å²) in [4.78, 5) is 21.3. The molecular weight excluding hydrogens is 474 g/mol. The van der Waals surface area contributed by atoms with Crippen molar-refractivity contribution >= 4 is 17.4 Å². The summed E-state index contributed by atoms with van der Waals surface area (Å²) in [7, 11) is 0. The van der Waals surface area contributed by atoms with Crippen LogP contribution in [0.1, 0.15) is 23.6 Å². The highest BCUT2D eigenvalue weighted by Crippen LogP contribution is 2.41. The molecule has 1 fully saturated rings. The number of hydrogen-bond acceptors (Lipinski definition) is 4. The molecule has 0 saturated carbocycles. The molecule has 186 valence electrons. The van der Waals surface area contributed by atoms with Gasteiger partial charge >= 0.3 is 6.18 Å². The van der Waals surface area contributed by atoms with E-state index in [0.29, 0.717) is 36.8 Å². The number of rotatable bonds is 2.